The summed E-state index contributed by atoms with van der Waals surface area (Å²) in [5, 5.41) is 11.5. The number of nitrogens with zero attached hydrogens (tertiary/aromatic N) is 1. The lowest BCUT2D eigenvalue weighted by Gasteiger charge is -2.03. The number of anilines is 1. The van der Waals surface area contributed by atoms with Crippen LogP contribution in [0.4, 0.5) is 10.1 Å². The van der Waals surface area contributed by atoms with Crippen molar-refractivity contribution in [3.8, 4) is 6.07 Å². The summed E-state index contributed by atoms with van der Waals surface area (Å²) in [6.45, 7) is 0. The number of rotatable bonds is 4. The average molecular weight is 282 g/mol. The van der Waals surface area contributed by atoms with Crippen molar-refractivity contribution in [3.63, 3.8) is 0 Å². The highest BCUT2D eigenvalue weighted by Crippen LogP contribution is 2.10. The molecule has 1 N–H and O–H groups in total. The zero-order valence-corrected chi connectivity index (χ0v) is 10.9. The molecule has 21 heavy (non-hydrogen) atoms. The van der Waals surface area contributed by atoms with E-state index < -0.39 is 11.7 Å². The Morgan fingerprint density at radius 2 is 2.05 bits per heavy atom. The van der Waals surface area contributed by atoms with E-state index in [-0.39, 0.29) is 5.57 Å². The topological polar surface area (TPSA) is 66.0 Å². The van der Waals surface area contributed by atoms with Gasteiger partial charge in [-0.15, -0.1) is 0 Å². The molecule has 4 nitrogen and oxygen atoms in total. The summed E-state index contributed by atoms with van der Waals surface area (Å²) >= 11 is 0. The second kappa shape index (κ2) is 6.87. The van der Waals surface area contributed by atoms with Crippen molar-refractivity contribution in [2.75, 3.05) is 5.32 Å². The first-order valence-electron chi connectivity index (χ1n) is 6.08. The molecule has 0 aliphatic heterocycles. The van der Waals surface area contributed by atoms with E-state index in [9.17, 15) is 9.18 Å². The molecule has 0 atom stereocenters. The van der Waals surface area contributed by atoms with Gasteiger partial charge in [0, 0.05) is 5.69 Å². The van der Waals surface area contributed by atoms with Crippen LogP contribution >= 0.6 is 0 Å². The minimum absolute atomic E-state index is 0.0675. The number of benzene rings is 1. The summed E-state index contributed by atoms with van der Waals surface area (Å²) < 4.78 is 17.8. The molecule has 0 aliphatic carbocycles. The van der Waals surface area contributed by atoms with Crippen LogP contribution in [0.3, 0.4) is 0 Å². The summed E-state index contributed by atoms with van der Waals surface area (Å²) in [7, 11) is 0. The van der Waals surface area contributed by atoms with E-state index in [2.05, 4.69) is 5.32 Å². The van der Waals surface area contributed by atoms with Gasteiger partial charge >= 0.3 is 0 Å². The van der Waals surface area contributed by atoms with Crippen LogP contribution in [0.1, 0.15) is 5.76 Å². The fourth-order valence-electron chi connectivity index (χ4n) is 1.52. The first-order valence-corrected chi connectivity index (χ1v) is 6.08. The second-order valence-electron chi connectivity index (χ2n) is 4.03. The first kappa shape index (κ1) is 14.3. The lowest BCUT2D eigenvalue weighted by molar-refractivity contribution is -0.112. The van der Waals surface area contributed by atoms with E-state index >= 15 is 0 Å². The molecule has 0 spiro atoms. The van der Waals surface area contributed by atoms with E-state index in [0.29, 0.717) is 11.4 Å². The van der Waals surface area contributed by atoms with Crippen LogP contribution in [0.25, 0.3) is 6.08 Å². The zero-order chi connectivity index (χ0) is 15.1. The van der Waals surface area contributed by atoms with Gasteiger partial charge in [-0.05, 0) is 48.6 Å². The Hall–Kier alpha value is -3.13. The Labute approximate surface area is 120 Å². The second-order valence-corrected chi connectivity index (χ2v) is 4.03. The van der Waals surface area contributed by atoms with Crippen molar-refractivity contribution in [1.29, 1.82) is 5.26 Å². The lowest BCUT2D eigenvalue weighted by atomic mass is 10.2. The summed E-state index contributed by atoms with van der Waals surface area (Å²) in [5.74, 6) is -0.346. The molecule has 1 heterocycles. The van der Waals surface area contributed by atoms with Crippen LogP contribution in [-0.2, 0) is 4.79 Å². The van der Waals surface area contributed by atoms with E-state index in [0.717, 1.165) is 0 Å². The molecule has 1 amide bonds. The van der Waals surface area contributed by atoms with Gasteiger partial charge in [-0.3, -0.25) is 4.79 Å². The van der Waals surface area contributed by atoms with Gasteiger partial charge in [0.2, 0.25) is 0 Å². The third kappa shape index (κ3) is 4.18. The molecular weight excluding hydrogens is 271 g/mol. The van der Waals surface area contributed by atoms with Crippen LogP contribution in [0.5, 0.6) is 0 Å². The van der Waals surface area contributed by atoms with Gasteiger partial charge in [0.05, 0.1) is 6.26 Å². The number of halogens is 1. The molecule has 104 valence electrons. The zero-order valence-electron chi connectivity index (χ0n) is 10.9. The molecule has 0 radical (unpaired) electrons. The van der Waals surface area contributed by atoms with E-state index in [1.165, 1.54) is 36.6 Å². The monoisotopic (exact) mass is 282 g/mol. The molecule has 1 aromatic heterocycles. The van der Waals surface area contributed by atoms with Gasteiger partial charge in [0.1, 0.15) is 23.2 Å². The maximum absolute atomic E-state index is 12.8. The molecule has 2 aromatic rings. The fraction of sp³-hybridized carbons (Fsp3) is 0. The molecule has 5 heteroatoms. The maximum atomic E-state index is 12.8. The number of amides is 1. The summed E-state index contributed by atoms with van der Waals surface area (Å²) in [6, 6.07) is 10.6. The van der Waals surface area contributed by atoms with Crippen molar-refractivity contribution in [1.82, 2.24) is 0 Å². The standard InChI is InChI=1S/C16H11FN2O2/c17-13-6-8-14(9-7-13)19-16(20)12(11-18)3-1-4-15-5-2-10-21-15/h1-10H,(H,19,20)/b4-1+,12-3+. The number of nitriles is 1. The molecule has 0 unspecified atom stereocenters. The Morgan fingerprint density at radius 3 is 2.67 bits per heavy atom. The third-order valence-corrected chi connectivity index (χ3v) is 2.53. The molecule has 0 fully saturated rings. The molecule has 0 saturated heterocycles. The molecule has 0 aliphatic rings. The highest BCUT2D eigenvalue weighted by atomic mass is 19.1. The Bertz CT molecular complexity index is 708. The largest absolute Gasteiger partial charge is 0.465 e. The van der Waals surface area contributed by atoms with Crippen LogP contribution < -0.4 is 5.32 Å². The SMILES string of the molecule is N#C/C(=C\C=C\c1ccco1)C(=O)Nc1ccc(F)cc1. The fourth-order valence-corrected chi connectivity index (χ4v) is 1.52. The van der Waals surface area contributed by atoms with Gasteiger partial charge in [0.25, 0.3) is 5.91 Å². The summed E-state index contributed by atoms with van der Waals surface area (Å²) in [4.78, 5) is 11.9. The maximum Gasteiger partial charge on any atom is 0.266 e. The van der Waals surface area contributed by atoms with Crippen molar-refractivity contribution in [2.24, 2.45) is 0 Å². The van der Waals surface area contributed by atoms with Gasteiger partial charge in [0.15, 0.2) is 0 Å². The highest BCUT2D eigenvalue weighted by Gasteiger charge is 2.08. The van der Waals surface area contributed by atoms with Crippen LogP contribution in [0.15, 0.2) is 64.8 Å². The van der Waals surface area contributed by atoms with Crippen molar-refractivity contribution >= 4 is 17.7 Å². The number of allylic oxidation sites excluding steroid dienone is 2. The predicted octanol–water partition coefficient (Wildman–Crippen LogP) is 3.52. The number of nitrogens with one attached hydrogen (secondary N) is 1. The average Bonchev–Trinajstić information content (AvgIpc) is 2.99. The van der Waals surface area contributed by atoms with Crippen LogP contribution in [0.2, 0.25) is 0 Å². The summed E-state index contributed by atoms with van der Waals surface area (Å²) in [5.41, 5.74) is 0.347. The number of furan rings is 1. The minimum Gasteiger partial charge on any atom is -0.465 e. The molecule has 1 aromatic carbocycles. The first-order chi connectivity index (χ1) is 10.2. The third-order valence-electron chi connectivity index (χ3n) is 2.53. The van der Waals surface area contributed by atoms with Crippen LogP contribution in [-0.4, -0.2) is 5.91 Å². The predicted molar refractivity (Wildman–Crippen MR) is 76.5 cm³/mol. The van der Waals surface area contributed by atoms with Crippen molar-refractivity contribution in [3.05, 3.63) is 72.0 Å². The number of hydrogen-bond donors (Lipinski definition) is 1. The van der Waals surface area contributed by atoms with E-state index in [4.69, 9.17) is 9.68 Å². The minimum atomic E-state index is -0.562. The molecular formula is C16H11FN2O2. The quantitative estimate of drug-likeness (QED) is 0.530. The van der Waals surface area contributed by atoms with Crippen molar-refractivity contribution in [2.45, 2.75) is 0 Å². The number of hydrogen-bond acceptors (Lipinski definition) is 3. The van der Waals surface area contributed by atoms with Crippen molar-refractivity contribution < 1.29 is 13.6 Å². The van der Waals surface area contributed by atoms with Gasteiger partial charge < -0.3 is 9.73 Å². The highest BCUT2D eigenvalue weighted by molar-refractivity contribution is 6.06. The molecule has 0 bridgehead atoms. The van der Waals surface area contributed by atoms with Gasteiger partial charge in [-0.1, -0.05) is 6.08 Å². The van der Waals surface area contributed by atoms with E-state index in [1.807, 2.05) is 0 Å². The van der Waals surface area contributed by atoms with Gasteiger partial charge in [-0.25, -0.2) is 4.39 Å². The number of carbonyl (C=O) groups excluding carboxylic acids is 1. The Kier molecular flexibility index (Phi) is 4.67. The smallest absolute Gasteiger partial charge is 0.266 e. The lowest BCUT2D eigenvalue weighted by Crippen LogP contribution is -2.13. The molecule has 2 rings (SSSR count). The van der Waals surface area contributed by atoms with E-state index in [1.54, 1.807) is 30.4 Å². The Morgan fingerprint density at radius 1 is 1.29 bits per heavy atom. The van der Waals surface area contributed by atoms with Gasteiger partial charge in [-0.2, -0.15) is 5.26 Å². The summed E-state index contributed by atoms with van der Waals surface area (Å²) in [6.07, 6.45) is 6.07. The van der Waals surface area contributed by atoms with Crippen LogP contribution in [0, 0.1) is 17.1 Å². The normalized spacial score (nSPS) is 11.3. The number of carbonyl (C=O) groups is 1. The Balaban J connectivity index is 2.04. The molecule has 0 saturated carbocycles.